The highest BCUT2D eigenvalue weighted by Crippen LogP contribution is 2.25. The van der Waals surface area contributed by atoms with Crippen LogP contribution in [0.1, 0.15) is 30.2 Å². The lowest BCUT2D eigenvalue weighted by atomic mass is 10.1. The maximum atomic E-state index is 12.4. The molecule has 0 radical (unpaired) electrons. The van der Waals surface area contributed by atoms with Gasteiger partial charge in [-0.25, -0.2) is 4.79 Å². The van der Waals surface area contributed by atoms with E-state index < -0.39 is 0 Å². The molecule has 2 aromatic carbocycles. The molecule has 29 heavy (non-hydrogen) atoms. The summed E-state index contributed by atoms with van der Waals surface area (Å²) in [7, 11) is 1.66. The zero-order chi connectivity index (χ0) is 20.1. The van der Waals surface area contributed by atoms with Gasteiger partial charge in [-0.2, -0.15) is 0 Å². The third kappa shape index (κ3) is 4.71. The Morgan fingerprint density at radius 2 is 1.90 bits per heavy atom. The molecule has 2 heterocycles. The fourth-order valence-corrected chi connectivity index (χ4v) is 3.89. The van der Waals surface area contributed by atoms with E-state index in [9.17, 15) is 4.79 Å². The minimum Gasteiger partial charge on any atom is -0.497 e. The quantitative estimate of drug-likeness (QED) is 0.635. The van der Waals surface area contributed by atoms with E-state index in [1.165, 1.54) is 12.8 Å². The standard InChI is InChI=1S/C23H27N3O3/c1-28-20-9-8-18-13-17(6-7-19(18)14-20)15-24-23(27)25-16-21(22-5-4-12-29-22)26-10-2-3-11-26/h4-9,12-14,21H,2-3,10-11,15-16H2,1H3,(H2,24,25,27). The molecule has 1 aromatic heterocycles. The maximum absolute atomic E-state index is 12.4. The van der Waals surface area contributed by atoms with Crippen LogP contribution >= 0.6 is 0 Å². The van der Waals surface area contributed by atoms with Gasteiger partial charge in [0.05, 0.1) is 19.4 Å². The number of nitrogens with zero attached hydrogens (tertiary/aromatic N) is 1. The molecule has 6 nitrogen and oxygen atoms in total. The normalized spacial score (nSPS) is 15.3. The first-order valence-corrected chi connectivity index (χ1v) is 10.1. The van der Waals surface area contributed by atoms with Crippen LogP contribution in [0.3, 0.4) is 0 Å². The molecule has 0 spiro atoms. The summed E-state index contributed by atoms with van der Waals surface area (Å²) >= 11 is 0. The van der Waals surface area contributed by atoms with Crippen molar-refractivity contribution in [3.05, 3.63) is 66.1 Å². The molecule has 3 aromatic rings. The van der Waals surface area contributed by atoms with Crippen LogP contribution in [0.4, 0.5) is 4.79 Å². The van der Waals surface area contributed by atoms with Crippen molar-refractivity contribution in [2.45, 2.75) is 25.4 Å². The Labute approximate surface area is 170 Å². The molecule has 152 valence electrons. The number of likely N-dealkylation sites (tertiary alicyclic amines) is 1. The summed E-state index contributed by atoms with van der Waals surface area (Å²) in [6.07, 6.45) is 4.07. The van der Waals surface area contributed by atoms with Crippen molar-refractivity contribution in [2.75, 3.05) is 26.7 Å². The number of carbonyl (C=O) groups excluding carboxylic acids is 1. The van der Waals surface area contributed by atoms with Crippen molar-refractivity contribution in [2.24, 2.45) is 0 Å². The Kier molecular flexibility index (Phi) is 6.00. The molecule has 0 aliphatic carbocycles. The fourth-order valence-electron chi connectivity index (χ4n) is 3.89. The molecular weight excluding hydrogens is 366 g/mol. The number of hydrogen-bond acceptors (Lipinski definition) is 4. The molecule has 0 bridgehead atoms. The third-order valence-corrected chi connectivity index (χ3v) is 5.47. The molecule has 1 atom stereocenters. The first kappa shape index (κ1) is 19.3. The number of methoxy groups -OCH3 is 1. The van der Waals surface area contributed by atoms with Crippen LogP contribution in [0.15, 0.2) is 59.2 Å². The van der Waals surface area contributed by atoms with Crippen molar-refractivity contribution in [1.29, 1.82) is 0 Å². The average Bonchev–Trinajstić information content (AvgIpc) is 3.47. The lowest BCUT2D eigenvalue weighted by Crippen LogP contribution is -2.41. The maximum Gasteiger partial charge on any atom is 0.315 e. The van der Waals surface area contributed by atoms with E-state index in [0.29, 0.717) is 13.1 Å². The first-order valence-electron chi connectivity index (χ1n) is 10.1. The van der Waals surface area contributed by atoms with Gasteiger partial charge in [-0.1, -0.05) is 18.2 Å². The van der Waals surface area contributed by atoms with E-state index in [-0.39, 0.29) is 12.1 Å². The summed E-state index contributed by atoms with van der Waals surface area (Å²) < 4.78 is 10.9. The van der Waals surface area contributed by atoms with Crippen LogP contribution in [-0.2, 0) is 6.54 Å². The van der Waals surface area contributed by atoms with Gasteiger partial charge >= 0.3 is 6.03 Å². The molecule has 4 rings (SSSR count). The summed E-state index contributed by atoms with van der Waals surface area (Å²) in [4.78, 5) is 14.7. The fraction of sp³-hybridized carbons (Fsp3) is 0.348. The van der Waals surface area contributed by atoms with E-state index in [2.05, 4.69) is 21.6 Å². The van der Waals surface area contributed by atoms with Gasteiger partial charge < -0.3 is 19.8 Å². The summed E-state index contributed by atoms with van der Waals surface area (Å²) in [5.41, 5.74) is 1.06. The molecule has 2 N–H and O–H groups in total. The second-order valence-corrected chi connectivity index (χ2v) is 7.39. The van der Waals surface area contributed by atoms with Gasteiger partial charge in [0.15, 0.2) is 0 Å². The molecule has 1 aliphatic heterocycles. The number of hydrogen-bond donors (Lipinski definition) is 2. The molecular formula is C23H27N3O3. The Hall–Kier alpha value is -2.99. The Morgan fingerprint density at radius 3 is 2.66 bits per heavy atom. The number of amides is 2. The number of fused-ring (bicyclic) bond motifs is 1. The van der Waals surface area contributed by atoms with Crippen LogP contribution in [0, 0.1) is 0 Å². The van der Waals surface area contributed by atoms with Crippen molar-refractivity contribution < 1.29 is 13.9 Å². The Bertz CT molecular complexity index is 949. The van der Waals surface area contributed by atoms with Gasteiger partial charge in [0.25, 0.3) is 0 Å². The SMILES string of the molecule is COc1ccc2cc(CNC(=O)NCC(c3ccco3)N3CCCC3)ccc2c1. The van der Waals surface area contributed by atoms with Crippen LogP contribution in [0.2, 0.25) is 0 Å². The van der Waals surface area contributed by atoms with Gasteiger partial charge in [-0.3, -0.25) is 4.90 Å². The number of urea groups is 1. The molecule has 1 saturated heterocycles. The number of furan rings is 1. The summed E-state index contributed by atoms with van der Waals surface area (Å²) in [6, 6.07) is 15.9. The summed E-state index contributed by atoms with van der Waals surface area (Å²) in [6.45, 7) is 3.08. The van der Waals surface area contributed by atoms with E-state index >= 15 is 0 Å². The minimum absolute atomic E-state index is 0.0777. The van der Waals surface area contributed by atoms with Gasteiger partial charge in [0.1, 0.15) is 11.5 Å². The van der Waals surface area contributed by atoms with Crippen molar-refractivity contribution in [3.63, 3.8) is 0 Å². The van der Waals surface area contributed by atoms with Crippen molar-refractivity contribution >= 4 is 16.8 Å². The second kappa shape index (κ2) is 9.01. The van der Waals surface area contributed by atoms with Crippen molar-refractivity contribution in [3.8, 4) is 5.75 Å². The molecule has 6 heteroatoms. The molecule has 0 saturated carbocycles. The largest absolute Gasteiger partial charge is 0.497 e. The van der Waals surface area contributed by atoms with E-state index in [4.69, 9.17) is 9.15 Å². The smallest absolute Gasteiger partial charge is 0.315 e. The van der Waals surface area contributed by atoms with Gasteiger partial charge in [0.2, 0.25) is 0 Å². The molecule has 1 fully saturated rings. The highest BCUT2D eigenvalue weighted by atomic mass is 16.5. The average molecular weight is 393 g/mol. The van der Waals surface area contributed by atoms with Crippen molar-refractivity contribution in [1.82, 2.24) is 15.5 Å². The summed E-state index contributed by atoms with van der Waals surface area (Å²) in [5.74, 6) is 1.74. The predicted molar refractivity (Wildman–Crippen MR) is 113 cm³/mol. The van der Waals surface area contributed by atoms with Crippen LogP contribution in [0.5, 0.6) is 5.75 Å². The minimum atomic E-state index is -0.171. The second-order valence-electron chi connectivity index (χ2n) is 7.39. The van der Waals surface area contributed by atoms with Gasteiger partial charge in [0, 0.05) is 13.1 Å². The van der Waals surface area contributed by atoms with Gasteiger partial charge in [-0.15, -0.1) is 0 Å². The Balaban J connectivity index is 1.32. The van der Waals surface area contributed by atoms with Crippen LogP contribution < -0.4 is 15.4 Å². The third-order valence-electron chi connectivity index (χ3n) is 5.47. The van der Waals surface area contributed by atoms with Crippen LogP contribution in [-0.4, -0.2) is 37.7 Å². The van der Waals surface area contributed by atoms with E-state index in [1.807, 2.05) is 42.5 Å². The van der Waals surface area contributed by atoms with Crippen LogP contribution in [0.25, 0.3) is 10.8 Å². The number of rotatable bonds is 7. The lowest BCUT2D eigenvalue weighted by molar-refractivity contribution is 0.203. The number of benzene rings is 2. The van der Waals surface area contributed by atoms with E-state index in [1.54, 1.807) is 13.4 Å². The number of carbonyl (C=O) groups is 1. The zero-order valence-electron chi connectivity index (χ0n) is 16.7. The van der Waals surface area contributed by atoms with Gasteiger partial charge in [-0.05, 0) is 72.6 Å². The Morgan fingerprint density at radius 1 is 1.10 bits per heavy atom. The first-order chi connectivity index (χ1) is 14.2. The topological polar surface area (TPSA) is 66.7 Å². The number of nitrogens with one attached hydrogen (secondary N) is 2. The lowest BCUT2D eigenvalue weighted by Gasteiger charge is -2.26. The monoisotopic (exact) mass is 393 g/mol. The molecule has 2 amide bonds. The highest BCUT2D eigenvalue weighted by Gasteiger charge is 2.25. The predicted octanol–water partition coefficient (Wildman–Crippen LogP) is 4.08. The van der Waals surface area contributed by atoms with E-state index in [0.717, 1.165) is 40.9 Å². The number of ether oxygens (including phenoxy) is 1. The summed E-state index contributed by atoms with van der Waals surface area (Å²) in [5, 5.41) is 8.19. The molecule has 1 aliphatic rings. The molecule has 1 unspecified atom stereocenters. The highest BCUT2D eigenvalue weighted by molar-refractivity contribution is 5.84. The zero-order valence-corrected chi connectivity index (χ0v) is 16.7.